The molecule has 2 aromatic rings. The molecule has 0 bridgehead atoms. The highest BCUT2D eigenvalue weighted by atomic mass is 19.2. The van der Waals surface area contributed by atoms with Gasteiger partial charge in [-0.3, -0.25) is 0 Å². The van der Waals surface area contributed by atoms with Crippen molar-refractivity contribution in [2.45, 2.75) is 6.54 Å². The molecular formula is C12H8F2N4. The molecule has 6 heteroatoms. The van der Waals surface area contributed by atoms with E-state index in [4.69, 9.17) is 5.26 Å². The molecule has 4 nitrogen and oxygen atoms in total. The average molecular weight is 246 g/mol. The van der Waals surface area contributed by atoms with E-state index in [9.17, 15) is 8.78 Å². The van der Waals surface area contributed by atoms with Crippen LogP contribution in [0.3, 0.4) is 0 Å². The Kier molecular flexibility index (Phi) is 3.44. The lowest BCUT2D eigenvalue weighted by Gasteiger charge is -2.05. The van der Waals surface area contributed by atoms with E-state index in [0.717, 1.165) is 12.1 Å². The summed E-state index contributed by atoms with van der Waals surface area (Å²) in [6.45, 7) is 0.289. The third-order valence-electron chi connectivity index (χ3n) is 2.22. The zero-order chi connectivity index (χ0) is 13.0. The topological polar surface area (TPSA) is 61.6 Å². The minimum absolute atomic E-state index is 0.216. The molecule has 18 heavy (non-hydrogen) atoms. The molecule has 1 aromatic heterocycles. The standard InChI is InChI=1S/C12H8F2N4/c13-10-2-1-8(3-11(10)14)5-17-12-7-16-9(4-15)6-18-12/h1-3,6-7H,5H2,(H,17,18). The van der Waals surface area contributed by atoms with Gasteiger partial charge in [-0.25, -0.2) is 18.7 Å². The Labute approximate surface area is 102 Å². The summed E-state index contributed by atoms with van der Waals surface area (Å²) >= 11 is 0. The Morgan fingerprint density at radius 1 is 1.17 bits per heavy atom. The molecule has 0 aliphatic heterocycles. The van der Waals surface area contributed by atoms with Crippen LogP contribution in [-0.4, -0.2) is 9.97 Å². The van der Waals surface area contributed by atoms with Crippen LogP contribution < -0.4 is 5.32 Å². The fraction of sp³-hybridized carbons (Fsp3) is 0.0833. The maximum atomic E-state index is 12.9. The van der Waals surface area contributed by atoms with Crippen molar-refractivity contribution >= 4 is 5.82 Å². The van der Waals surface area contributed by atoms with Gasteiger partial charge in [0.25, 0.3) is 0 Å². The Balaban J connectivity index is 2.02. The summed E-state index contributed by atoms with van der Waals surface area (Å²) in [6, 6.07) is 5.50. The molecule has 0 saturated carbocycles. The summed E-state index contributed by atoms with van der Waals surface area (Å²) in [6.07, 6.45) is 2.73. The van der Waals surface area contributed by atoms with Crippen molar-refractivity contribution in [2.24, 2.45) is 0 Å². The molecule has 1 N–H and O–H groups in total. The van der Waals surface area contributed by atoms with Crippen LogP contribution in [-0.2, 0) is 6.54 Å². The van der Waals surface area contributed by atoms with Crippen molar-refractivity contribution in [3.8, 4) is 6.07 Å². The first-order chi connectivity index (χ1) is 8.69. The number of hydrogen-bond donors (Lipinski definition) is 1. The molecule has 0 aliphatic rings. The van der Waals surface area contributed by atoms with E-state index < -0.39 is 11.6 Å². The number of halogens is 2. The Bertz CT molecular complexity index is 590. The second kappa shape index (κ2) is 5.19. The molecule has 0 amide bonds. The van der Waals surface area contributed by atoms with Gasteiger partial charge in [0, 0.05) is 6.54 Å². The van der Waals surface area contributed by atoms with Crippen LogP contribution in [0.2, 0.25) is 0 Å². The number of aromatic nitrogens is 2. The maximum Gasteiger partial charge on any atom is 0.159 e. The summed E-state index contributed by atoms with van der Waals surface area (Å²) in [5.41, 5.74) is 0.799. The number of rotatable bonds is 3. The number of nitriles is 1. The van der Waals surface area contributed by atoms with E-state index >= 15 is 0 Å². The normalized spacial score (nSPS) is 9.83. The first-order valence-electron chi connectivity index (χ1n) is 5.09. The van der Waals surface area contributed by atoms with Crippen molar-refractivity contribution in [2.75, 3.05) is 5.32 Å². The Morgan fingerprint density at radius 3 is 2.61 bits per heavy atom. The molecule has 0 aliphatic carbocycles. The zero-order valence-electron chi connectivity index (χ0n) is 9.19. The van der Waals surface area contributed by atoms with E-state index in [0.29, 0.717) is 11.4 Å². The molecule has 0 fully saturated rings. The highest BCUT2D eigenvalue weighted by Gasteiger charge is 2.03. The molecule has 1 aromatic carbocycles. The lowest BCUT2D eigenvalue weighted by molar-refractivity contribution is 0.507. The van der Waals surface area contributed by atoms with E-state index in [1.165, 1.54) is 18.5 Å². The van der Waals surface area contributed by atoms with Crippen molar-refractivity contribution in [3.05, 3.63) is 53.5 Å². The maximum absolute atomic E-state index is 12.9. The first-order valence-corrected chi connectivity index (χ1v) is 5.09. The lowest BCUT2D eigenvalue weighted by Crippen LogP contribution is -2.03. The average Bonchev–Trinajstić information content (AvgIpc) is 2.41. The van der Waals surface area contributed by atoms with Crippen LogP contribution >= 0.6 is 0 Å². The minimum Gasteiger partial charge on any atom is -0.365 e. The lowest BCUT2D eigenvalue weighted by atomic mass is 10.2. The van der Waals surface area contributed by atoms with Crippen LogP contribution in [0.15, 0.2) is 30.6 Å². The molecule has 0 saturated heterocycles. The number of nitrogens with one attached hydrogen (secondary N) is 1. The molecule has 90 valence electrons. The van der Waals surface area contributed by atoms with Crippen molar-refractivity contribution in [3.63, 3.8) is 0 Å². The molecule has 1 heterocycles. The van der Waals surface area contributed by atoms with E-state index in [1.54, 1.807) is 0 Å². The summed E-state index contributed by atoms with van der Waals surface area (Å²) in [7, 11) is 0. The van der Waals surface area contributed by atoms with Gasteiger partial charge in [-0.2, -0.15) is 5.26 Å². The fourth-order valence-electron chi connectivity index (χ4n) is 1.32. The number of hydrogen-bond acceptors (Lipinski definition) is 4. The number of anilines is 1. The summed E-state index contributed by atoms with van der Waals surface area (Å²) in [5, 5.41) is 11.4. The number of nitrogens with zero attached hydrogens (tertiary/aromatic N) is 3. The van der Waals surface area contributed by atoms with Gasteiger partial charge in [0.2, 0.25) is 0 Å². The van der Waals surface area contributed by atoms with Crippen molar-refractivity contribution in [1.29, 1.82) is 5.26 Å². The van der Waals surface area contributed by atoms with Gasteiger partial charge in [-0.05, 0) is 17.7 Å². The van der Waals surface area contributed by atoms with Gasteiger partial charge in [-0.1, -0.05) is 6.07 Å². The van der Waals surface area contributed by atoms with Gasteiger partial charge in [0.05, 0.1) is 12.4 Å². The molecular weight excluding hydrogens is 238 g/mol. The molecule has 0 atom stereocenters. The van der Waals surface area contributed by atoms with E-state index in [2.05, 4.69) is 15.3 Å². The van der Waals surface area contributed by atoms with Crippen LogP contribution in [0.1, 0.15) is 11.3 Å². The predicted molar refractivity (Wildman–Crippen MR) is 60.4 cm³/mol. The van der Waals surface area contributed by atoms with Gasteiger partial charge >= 0.3 is 0 Å². The third kappa shape index (κ3) is 2.77. The molecule has 0 spiro atoms. The molecule has 0 unspecified atom stereocenters. The van der Waals surface area contributed by atoms with Gasteiger partial charge in [0.15, 0.2) is 17.3 Å². The SMILES string of the molecule is N#Cc1cnc(NCc2ccc(F)c(F)c2)cn1. The minimum atomic E-state index is -0.889. The molecule has 2 rings (SSSR count). The van der Waals surface area contributed by atoms with E-state index in [1.807, 2.05) is 6.07 Å². The van der Waals surface area contributed by atoms with Crippen molar-refractivity contribution in [1.82, 2.24) is 9.97 Å². The second-order valence-corrected chi connectivity index (χ2v) is 3.50. The second-order valence-electron chi connectivity index (χ2n) is 3.50. The predicted octanol–water partition coefficient (Wildman–Crippen LogP) is 2.24. The van der Waals surface area contributed by atoms with Crippen molar-refractivity contribution < 1.29 is 8.78 Å². The number of benzene rings is 1. The highest BCUT2D eigenvalue weighted by molar-refractivity contribution is 5.34. The summed E-state index contributed by atoms with van der Waals surface area (Å²) in [5.74, 6) is -1.31. The highest BCUT2D eigenvalue weighted by Crippen LogP contribution is 2.10. The fourth-order valence-corrected chi connectivity index (χ4v) is 1.32. The molecule has 0 radical (unpaired) electrons. The Hall–Kier alpha value is -2.55. The van der Waals surface area contributed by atoms with Crippen LogP contribution in [0.5, 0.6) is 0 Å². The monoisotopic (exact) mass is 246 g/mol. The Morgan fingerprint density at radius 2 is 2.00 bits per heavy atom. The zero-order valence-corrected chi connectivity index (χ0v) is 9.19. The van der Waals surface area contributed by atoms with Gasteiger partial charge < -0.3 is 5.32 Å². The van der Waals surface area contributed by atoms with Crippen LogP contribution in [0.25, 0.3) is 0 Å². The van der Waals surface area contributed by atoms with E-state index in [-0.39, 0.29) is 12.2 Å². The van der Waals surface area contributed by atoms with Crippen LogP contribution in [0.4, 0.5) is 14.6 Å². The summed E-state index contributed by atoms with van der Waals surface area (Å²) < 4.78 is 25.6. The third-order valence-corrected chi connectivity index (χ3v) is 2.22. The largest absolute Gasteiger partial charge is 0.365 e. The smallest absolute Gasteiger partial charge is 0.159 e. The van der Waals surface area contributed by atoms with Gasteiger partial charge in [-0.15, -0.1) is 0 Å². The van der Waals surface area contributed by atoms with Gasteiger partial charge in [0.1, 0.15) is 11.9 Å². The first kappa shape index (κ1) is 11.9. The van der Waals surface area contributed by atoms with Crippen LogP contribution in [0, 0.1) is 23.0 Å². The summed E-state index contributed by atoms with van der Waals surface area (Å²) in [4.78, 5) is 7.76. The quantitative estimate of drug-likeness (QED) is 0.902.